The van der Waals surface area contributed by atoms with Gasteiger partial charge in [0.15, 0.2) is 0 Å². The molecule has 1 N–H and O–H groups in total. The van der Waals surface area contributed by atoms with Crippen molar-refractivity contribution in [2.45, 2.75) is 26.3 Å². The lowest BCUT2D eigenvalue weighted by molar-refractivity contribution is 0.398. The van der Waals surface area contributed by atoms with Crippen molar-refractivity contribution in [3.8, 4) is 5.75 Å². The lowest BCUT2D eigenvalue weighted by Gasteiger charge is -2.21. The fourth-order valence-corrected chi connectivity index (χ4v) is 2.74. The van der Waals surface area contributed by atoms with Crippen molar-refractivity contribution in [2.75, 3.05) is 25.7 Å². The van der Waals surface area contributed by atoms with Crippen LogP contribution >= 0.6 is 0 Å². The van der Waals surface area contributed by atoms with Crippen molar-refractivity contribution in [1.29, 1.82) is 0 Å². The van der Waals surface area contributed by atoms with Crippen LogP contribution in [0.15, 0.2) is 18.2 Å². The van der Waals surface area contributed by atoms with Crippen LogP contribution < -0.4 is 10.1 Å². The van der Waals surface area contributed by atoms with Gasteiger partial charge in [-0.25, -0.2) is 8.42 Å². The van der Waals surface area contributed by atoms with Gasteiger partial charge in [0.2, 0.25) is 0 Å². The maximum Gasteiger partial charge on any atom is 0.147 e. The first-order valence-electron chi connectivity index (χ1n) is 6.43. The Morgan fingerprint density at radius 3 is 2.58 bits per heavy atom. The Hall–Kier alpha value is -1.07. The minimum absolute atomic E-state index is 0.00502. The largest absolute Gasteiger partial charge is 0.496 e. The number of ether oxygens (including phenoxy) is 1. The molecule has 1 aromatic carbocycles. The van der Waals surface area contributed by atoms with E-state index in [0.29, 0.717) is 6.42 Å². The number of nitrogens with one attached hydrogen (secondary N) is 1. The van der Waals surface area contributed by atoms with E-state index in [1.54, 1.807) is 7.11 Å². The van der Waals surface area contributed by atoms with Gasteiger partial charge in [0, 0.05) is 17.9 Å². The maximum absolute atomic E-state index is 11.3. The van der Waals surface area contributed by atoms with Crippen molar-refractivity contribution in [3.05, 3.63) is 29.3 Å². The third-order valence-corrected chi connectivity index (χ3v) is 3.97. The number of rotatable bonds is 7. The van der Waals surface area contributed by atoms with E-state index in [-0.39, 0.29) is 11.8 Å². The first-order chi connectivity index (χ1) is 8.87. The second-order valence-electron chi connectivity index (χ2n) is 4.77. The van der Waals surface area contributed by atoms with E-state index >= 15 is 0 Å². The first-order valence-corrected chi connectivity index (χ1v) is 8.49. The zero-order valence-electron chi connectivity index (χ0n) is 12.1. The number of sulfone groups is 1. The quantitative estimate of drug-likeness (QED) is 0.833. The highest BCUT2D eigenvalue weighted by atomic mass is 32.2. The van der Waals surface area contributed by atoms with E-state index < -0.39 is 9.84 Å². The zero-order chi connectivity index (χ0) is 14.5. The fourth-order valence-electron chi connectivity index (χ4n) is 2.07. The minimum atomic E-state index is -2.96. The number of hydrogen-bond acceptors (Lipinski definition) is 4. The van der Waals surface area contributed by atoms with Gasteiger partial charge in [0.1, 0.15) is 15.6 Å². The Labute approximate surface area is 116 Å². The number of aryl methyl sites for hydroxylation is 1. The van der Waals surface area contributed by atoms with E-state index in [1.165, 1.54) is 6.26 Å². The van der Waals surface area contributed by atoms with Crippen LogP contribution in [0.3, 0.4) is 0 Å². The highest BCUT2D eigenvalue weighted by molar-refractivity contribution is 7.90. The van der Waals surface area contributed by atoms with Crippen LogP contribution in [-0.2, 0) is 9.84 Å². The molecular weight excluding hydrogens is 262 g/mol. The summed E-state index contributed by atoms with van der Waals surface area (Å²) in [6, 6.07) is 5.96. The van der Waals surface area contributed by atoms with Crippen molar-refractivity contribution in [3.63, 3.8) is 0 Å². The molecule has 5 heteroatoms. The molecule has 0 bridgehead atoms. The van der Waals surface area contributed by atoms with E-state index in [0.717, 1.165) is 23.4 Å². The Kier molecular flexibility index (Phi) is 5.82. The van der Waals surface area contributed by atoms with Crippen molar-refractivity contribution in [1.82, 2.24) is 5.32 Å². The molecule has 0 aliphatic carbocycles. The molecule has 0 aromatic heterocycles. The van der Waals surface area contributed by atoms with E-state index in [2.05, 4.69) is 11.4 Å². The summed E-state index contributed by atoms with van der Waals surface area (Å²) in [7, 11) is -1.32. The third kappa shape index (κ3) is 5.20. The third-order valence-electron chi connectivity index (χ3n) is 2.99. The molecule has 0 amide bonds. The van der Waals surface area contributed by atoms with Gasteiger partial charge in [0.05, 0.1) is 12.9 Å². The summed E-state index contributed by atoms with van der Waals surface area (Å²) in [6.07, 6.45) is 1.82. The SMILES string of the molecule is CCNC(CCS(C)(=O)=O)c1cc(C)ccc1OC. The van der Waals surface area contributed by atoms with Crippen LogP contribution in [0.1, 0.15) is 30.5 Å². The molecule has 1 atom stereocenters. The molecule has 0 saturated heterocycles. The average molecular weight is 285 g/mol. The van der Waals surface area contributed by atoms with E-state index in [4.69, 9.17) is 4.74 Å². The van der Waals surface area contributed by atoms with Gasteiger partial charge in [-0.3, -0.25) is 0 Å². The van der Waals surface area contributed by atoms with Gasteiger partial charge in [0.25, 0.3) is 0 Å². The normalized spacial score (nSPS) is 13.3. The van der Waals surface area contributed by atoms with Crippen LogP contribution in [-0.4, -0.2) is 34.1 Å². The van der Waals surface area contributed by atoms with Crippen LogP contribution in [0.5, 0.6) is 5.75 Å². The Morgan fingerprint density at radius 2 is 2.05 bits per heavy atom. The number of hydrogen-bond donors (Lipinski definition) is 1. The van der Waals surface area contributed by atoms with Crippen molar-refractivity contribution >= 4 is 9.84 Å². The highest BCUT2D eigenvalue weighted by Gasteiger charge is 2.17. The standard InChI is InChI=1S/C14H23NO3S/c1-5-15-13(8-9-19(4,16)17)12-10-11(2)6-7-14(12)18-3/h6-7,10,13,15H,5,8-9H2,1-4H3. The summed E-state index contributed by atoms with van der Waals surface area (Å²) in [4.78, 5) is 0. The summed E-state index contributed by atoms with van der Waals surface area (Å²) in [6.45, 7) is 4.81. The Morgan fingerprint density at radius 1 is 1.37 bits per heavy atom. The molecule has 0 radical (unpaired) electrons. The molecule has 1 aromatic rings. The molecule has 0 aliphatic rings. The summed E-state index contributed by atoms with van der Waals surface area (Å²) in [5.74, 6) is 0.965. The lowest BCUT2D eigenvalue weighted by Crippen LogP contribution is -2.24. The predicted octanol–water partition coefficient (Wildman–Crippen LogP) is 2.09. The molecule has 0 fully saturated rings. The molecule has 108 valence electrons. The monoisotopic (exact) mass is 285 g/mol. The maximum atomic E-state index is 11.3. The van der Waals surface area contributed by atoms with E-state index in [1.807, 2.05) is 26.0 Å². The summed E-state index contributed by atoms with van der Waals surface area (Å²) < 4.78 is 28.0. The Balaban J connectivity index is 3.00. The fraction of sp³-hybridized carbons (Fsp3) is 0.571. The van der Waals surface area contributed by atoms with Gasteiger partial charge < -0.3 is 10.1 Å². The zero-order valence-corrected chi connectivity index (χ0v) is 12.9. The van der Waals surface area contributed by atoms with E-state index in [9.17, 15) is 8.42 Å². The summed E-state index contributed by atoms with van der Waals surface area (Å²) >= 11 is 0. The van der Waals surface area contributed by atoms with Gasteiger partial charge in [-0.15, -0.1) is 0 Å². The van der Waals surface area contributed by atoms with Crippen LogP contribution in [0.25, 0.3) is 0 Å². The molecule has 0 heterocycles. The molecule has 0 aliphatic heterocycles. The summed E-state index contributed by atoms with van der Waals surface area (Å²) in [5.41, 5.74) is 2.16. The second-order valence-corrected chi connectivity index (χ2v) is 7.03. The van der Waals surface area contributed by atoms with Gasteiger partial charge >= 0.3 is 0 Å². The van der Waals surface area contributed by atoms with Gasteiger partial charge in [-0.05, 0) is 26.0 Å². The first kappa shape index (κ1) is 16.0. The molecule has 1 rings (SSSR count). The molecule has 0 saturated carbocycles. The van der Waals surface area contributed by atoms with Gasteiger partial charge in [-0.1, -0.05) is 24.6 Å². The van der Waals surface area contributed by atoms with Crippen LogP contribution in [0, 0.1) is 6.92 Å². The smallest absolute Gasteiger partial charge is 0.147 e. The highest BCUT2D eigenvalue weighted by Crippen LogP contribution is 2.28. The molecule has 19 heavy (non-hydrogen) atoms. The lowest BCUT2D eigenvalue weighted by atomic mass is 10.0. The van der Waals surface area contributed by atoms with Crippen molar-refractivity contribution < 1.29 is 13.2 Å². The topological polar surface area (TPSA) is 55.4 Å². The molecule has 4 nitrogen and oxygen atoms in total. The molecule has 0 spiro atoms. The van der Waals surface area contributed by atoms with Crippen LogP contribution in [0.2, 0.25) is 0 Å². The summed E-state index contributed by atoms with van der Waals surface area (Å²) in [5, 5.41) is 3.33. The average Bonchev–Trinajstić information content (AvgIpc) is 2.33. The van der Waals surface area contributed by atoms with Crippen molar-refractivity contribution in [2.24, 2.45) is 0 Å². The Bertz CT molecular complexity index is 511. The predicted molar refractivity (Wildman–Crippen MR) is 78.5 cm³/mol. The van der Waals surface area contributed by atoms with Gasteiger partial charge in [-0.2, -0.15) is 0 Å². The number of methoxy groups -OCH3 is 1. The van der Waals surface area contributed by atoms with Crippen LogP contribution in [0.4, 0.5) is 0 Å². The molecule has 1 unspecified atom stereocenters. The second kappa shape index (κ2) is 6.91. The minimum Gasteiger partial charge on any atom is -0.496 e. The molecular formula is C14H23NO3S. The number of benzene rings is 1.